The number of fused-ring (bicyclic) bond motifs is 9. The van der Waals surface area contributed by atoms with Crippen molar-refractivity contribution >= 4 is 52.4 Å². The molecule has 11 nitrogen and oxygen atoms in total. The maximum absolute atomic E-state index is 14.8. The zero-order valence-corrected chi connectivity index (χ0v) is 35.0. The SMILES string of the molecule is CC(C)[C@@H]1NC(=O)C(C)(C)/C=C/c2ccc3ccc(nc3c2)[C@@H](C)OC(=O)[C@@H]2CC3CN(N2)C(=O)[C@H](COCc2ccccc2C(C)(C)Sc2cccc3c2)NC1=O. The van der Waals surface area contributed by atoms with Gasteiger partial charge in [0, 0.05) is 27.5 Å². The second-order valence-corrected chi connectivity index (χ2v) is 18.7. The summed E-state index contributed by atoms with van der Waals surface area (Å²) in [5.41, 5.74) is 7.32. The lowest BCUT2D eigenvalue weighted by atomic mass is 9.89. The monoisotopic (exact) mass is 803 g/mol. The van der Waals surface area contributed by atoms with E-state index in [9.17, 15) is 19.2 Å². The van der Waals surface area contributed by atoms with E-state index in [0.717, 1.165) is 32.5 Å². The molecule has 58 heavy (non-hydrogen) atoms. The highest BCUT2D eigenvalue weighted by atomic mass is 32.2. The molecule has 1 saturated heterocycles. The number of hydrogen-bond acceptors (Lipinski definition) is 9. The van der Waals surface area contributed by atoms with Gasteiger partial charge in [0.25, 0.3) is 5.91 Å². The van der Waals surface area contributed by atoms with Gasteiger partial charge in [-0.3, -0.25) is 24.2 Å². The molecule has 9 bridgehead atoms. The molecule has 12 heteroatoms. The zero-order chi connectivity index (χ0) is 41.4. The number of esters is 1. The highest BCUT2D eigenvalue weighted by Crippen LogP contribution is 2.43. The molecule has 7 rings (SSSR count). The van der Waals surface area contributed by atoms with E-state index >= 15 is 0 Å². The predicted molar refractivity (Wildman–Crippen MR) is 225 cm³/mol. The number of carbonyl (C=O) groups excluding carboxylic acids is 4. The topological polar surface area (TPSA) is 139 Å². The summed E-state index contributed by atoms with van der Waals surface area (Å²) in [6, 6.07) is 22.9. The van der Waals surface area contributed by atoms with Gasteiger partial charge in [-0.05, 0) is 93.5 Å². The standard InChI is InChI=1S/C46H53N5O6S/c1-27(2)40-41(52)48-39-26-56-25-32-11-8-9-14-35(32)46(6,7)58-34-13-10-12-31(22-34)33-23-38(50-51(24-33)42(39)53)43(54)57-28(3)36-18-17-30-16-15-29(21-37(30)47-36)19-20-45(4,5)44(55)49-40/h8-22,27-28,33,38-40,50H,23-26H2,1-7H3,(H,48,52)(H,49,55)/b20-19+/t28-,33?,38+,39+,40+/m1/s1. The molecule has 4 aromatic rings. The Balaban J connectivity index is 1.32. The van der Waals surface area contributed by atoms with Crippen LogP contribution < -0.4 is 16.1 Å². The molecule has 0 aliphatic carbocycles. The fraction of sp³-hybridized carbons (Fsp3) is 0.413. The summed E-state index contributed by atoms with van der Waals surface area (Å²) in [6.45, 7) is 13.7. The minimum Gasteiger partial charge on any atom is -0.455 e. The predicted octanol–water partition coefficient (Wildman–Crippen LogP) is 6.96. The Morgan fingerprint density at radius 3 is 2.47 bits per heavy atom. The van der Waals surface area contributed by atoms with E-state index in [2.05, 4.69) is 48.1 Å². The van der Waals surface area contributed by atoms with E-state index < -0.39 is 47.4 Å². The van der Waals surface area contributed by atoms with Crippen LogP contribution >= 0.6 is 11.8 Å². The molecular formula is C46H53N5O6S. The fourth-order valence-electron chi connectivity index (χ4n) is 7.78. The number of hydrazine groups is 1. The van der Waals surface area contributed by atoms with Crippen molar-refractivity contribution in [2.45, 2.75) is 101 Å². The number of hydrogen-bond donors (Lipinski definition) is 3. The van der Waals surface area contributed by atoms with Gasteiger partial charge in [0.15, 0.2) is 0 Å². The summed E-state index contributed by atoms with van der Waals surface area (Å²) < 4.78 is 12.1. The molecule has 0 spiro atoms. The van der Waals surface area contributed by atoms with Gasteiger partial charge in [-0.1, -0.05) is 80.6 Å². The van der Waals surface area contributed by atoms with Crippen molar-refractivity contribution in [1.82, 2.24) is 26.1 Å². The van der Waals surface area contributed by atoms with Crippen molar-refractivity contribution in [2.24, 2.45) is 11.3 Å². The van der Waals surface area contributed by atoms with Crippen molar-refractivity contribution < 1.29 is 28.7 Å². The van der Waals surface area contributed by atoms with Gasteiger partial charge in [0.05, 0.1) is 29.8 Å². The Hall–Kier alpha value is -5.04. The Morgan fingerprint density at radius 1 is 0.897 bits per heavy atom. The van der Waals surface area contributed by atoms with Gasteiger partial charge < -0.3 is 20.1 Å². The number of benzene rings is 3. The number of thioether (sulfide) groups is 1. The first kappa shape index (κ1) is 41.1. The molecule has 3 aliphatic heterocycles. The number of pyridine rings is 1. The average molecular weight is 804 g/mol. The highest BCUT2D eigenvalue weighted by Gasteiger charge is 2.40. The largest absolute Gasteiger partial charge is 0.455 e. The van der Waals surface area contributed by atoms with Gasteiger partial charge in [-0.25, -0.2) is 10.4 Å². The van der Waals surface area contributed by atoms with Crippen LogP contribution in [0.1, 0.15) is 94.9 Å². The van der Waals surface area contributed by atoms with E-state index in [1.54, 1.807) is 38.6 Å². The van der Waals surface area contributed by atoms with Crippen molar-refractivity contribution in [3.05, 3.63) is 113 Å². The molecule has 1 unspecified atom stereocenters. The Labute approximate surface area is 344 Å². The summed E-state index contributed by atoms with van der Waals surface area (Å²) in [4.78, 5) is 63.0. The van der Waals surface area contributed by atoms with Gasteiger partial charge >= 0.3 is 5.97 Å². The summed E-state index contributed by atoms with van der Waals surface area (Å²) in [6.07, 6.45) is 3.33. The summed E-state index contributed by atoms with van der Waals surface area (Å²) >= 11 is 1.74. The van der Waals surface area contributed by atoms with Crippen LogP contribution in [0.25, 0.3) is 17.0 Å². The van der Waals surface area contributed by atoms with Crippen molar-refractivity contribution in [3.8, 4) is 0 Å². The van der Waals surface area contributed by atoms with E-state index in [1.807, 2.05) is 80.6 Å². The third kappa shape index (κ3) is 8.99. The van der Waals surface area contributed by atoms with Crippen molar-refractivity contribution in [2.75, 3.05) is 13.2 Å². The second-order valence-electron chi connectivity index (χ2n) is 17.0. The third-order valence-electron chi connectivity index (χ3n) is 11.3. The maximum Gasteiger partial charge on any atom is 0.325 e. The zero-order valence-electron chi connectivity index (χ0n) is 34.2. The van der Waals surface area contributed by atoms with Crippen molar-refractivity contribution in [1.29, 1.82) is 0 Å². The first-order valence-corrected chi connectivity index (χ1v) is 20.8. The number of aromatic nitrogens is 1. The van der Waals surface area contributed by atoms with E-state index in [4.69, 9.17) is 14.5 Å². The molecule has 304 valence electrons. The lowest BCUT2D eigenvalue weighted by molar-refractivity contribution is -0.158. The first-order chi connectivity index (χ1) is 27.6. The van der Waals surface area contributed by atoms with Crippen LogP contribution in [0, 0.1) is 11.3 Å². The molecular weight excluding hydrogens is 751 g/mol. The Morgan fingerprint density at radius 2 is 1.67 bits per heavy atom. The minimum absolute atomic E-state index is 0.158. The quantitative estimate of drug-likeness (QED) is 0.174. The molecule has 0 radical (unpaired) electrons. The van der Waals surface area contributed by atoms with Gasteiger partial charge in [-0.15, -0.1) is 11.8 Å². The minimum atomic E-state index is -1.16. The molecule has 1 aromatic heterocycles. The van der Waals surface area contributed by atoms with Crippen molar-refractivity contribution in [3.63, 3.8) is 0 Å². The third-order valence-corrected chi connectivity index (χ3v) is 12.5. The van der Waals surface area contributed by atoms with Crippen LogP contribution in [0.2, 0.25) is 0 Å². The number of ether oxygens (including phenoxy) is 2. The lowest BCUT2D eigenvalue weighted by Gasteiger charge is -2.39. The maximum atomic E-state index is 14.8. The molecule has 3 amide bonds. The number of nitrogens with zero attached hydrogens (tertiary/aromatic N) is 2. The molecule has 0 saturated carbocycles. The van der Waals surface area contributed by atoms with Gasteiger partial charge in [0.1, 0.15) is 24.2 Å². The normalized spacial score (nSPS) is 25.9. The summed E-state index contributed by atoms with van der Waals surface area (Å²) in [5.74, 6) is -2.45. The second kappa shape index (κ2) is 16.7. The average Bonchev–Trinajstić information content (AvgIpc) is 3.20. The van der Waals surface area contributed by atoms with E-state index in [0.29, 0.717) is 17.6 Å². The Bertz CT molecular complexity index is 2250. The molecule has 3 aliphatic rings. The molecule has 3 aromatic carbocycles. The fourth-order valence-corrected chi connectivity index (χ4v) is 9.02. The van der Waals surface area contributed by atoms with Crippen LogP contribution in [0.5, 0.6) is 0 Å². The molecule has 3 N–H and O–H groups in total. The van der Waals surface area contributed by atoms with Gasteiger partial charge in [0.2, 0.25) is 11.8 Å². The van der Waals surface area contributed by atoms with Crippen LogP contribution in [0.4, 0.5) is 0 Å². The first-order valence-electron chi connectivity index (χ1n) is 20.0. The molecule has 4 heterocycles. The number of amides is 3. The lowest BCUT2D eigenvalue weighted by Crippen LogP contribution is -2.63. The number of nitrogens with one attached hydrogen (secondary N) is 3. The number of carbonyl (C=O) groups is 4. The number of cyclic esters (lactones) is 1. The summed E-state index contributed by atoms with van der Waals surface area (Å²) in [7, 11) is 0. The molecule has 5 atom stereocenters. The van der Waals surface area contributed by atoms with Crippen LogP contribution in [-0.4, -0.2) is 65.0 Å². The van der Waals surface area contributed by atoms with Crippen LogP contribution in [0.15, 0.2) is 89.8 Å². The van der Waals surface area contributed by atoms with Crippen LogP contribution in [-0.2, 0) is 40.0 Å². The van der Waals surface area contributed by atoms with Crippen LogP contribution in [0.3, 0.4) is 0 Å². The molecule has 1 fully saturated rings. The van der Waals surface area contributed by atoms with Gasteiger partial charge in [-0.2, -0.15) is 0 Å². The van der Waals surface area contributed by atoms with E-state index in [-0.39, 0.29) is 42.2 Å². The highest BCUT2D eigenvalue weighted by molar-refractivity contribution is 8.00. The van der Waals surface area contributed by atoms with E-state index in [1.165, 1.54) is 5.01 Å². The number of rotatable bonds is 1. The summed E-state index contributed by atoms with van der Waals surface area (Å²) in [5, 5.41) is 8.25. The Kier molecular flexibility index (Phi) is 11.8. The smallest absolute Gasteiger partial charge is 0.325 e.